The second kappa shape index (κ2) is 4.37. The van der Waals surface area contributed by atoms with Crippen molar-refractivity contribution >= 4 is 17.3 Å². The molecule has 4 heteroatoms. The average molecular weight is 234 g/mol. The number of amides is 1. The summed E-state index contributed by atoms with van der Waals surface area (Å²) in [7, 11) is 0. The molecular weight excluding hydrogens is 216 g/mol. The summed E-state index contributed by atoms with van der Waals surface area (Å²) in [5, 5.41) is 2.87. The molecule has 0 spiro atoms. The summed E-state index contributed by atoms with van der Waals surface area (Å²) in [5.41, 5.74) is 7.37. The number of anilines is 2. The van der Waals surface area contributed by atoms with Crippen molar-refractivity contribution in [3.8, 4) is 0 Å². The molecule has 1 aromatic rings. The van der Waals surface area contributed by atoms with Gasteiger partial charge in [0, 0.05) is 6.61 Å². The average Bonchev–Trinajstić information content (AvgIpc) is 2.72. The maximum atomic E-state index is 12.1. The summed E-state index contributed by atoms with van der Waals surface area (Å²) in [6.45, 7) is 4.39. The van der Waals surface area contributed by atoms with Gasteiger partial charge < -0.3 is 15.8 Å². The molecule has 2 rings (SSSR count). The quantitative estimate of drug-likeness (QED) is 0.770. The lowest BCUT2D eigenvalue weighted by Gasteiger charge is -2.23. The van der Waals surface area contributed by atoms with Crippen molar-refractivity contribution in [1.29, 1.82) is 0 Å². The molecule has 1 fully saturated rings. The highest BCUT2D eigenvalue weighted by Gasteiger charge is 2.38. The van der Waals surface area contributed by atoms with Crippen LogP contribution in [-0.4, -0.2) is 18.1 Å². The first-order valence-electron chi connectivity index (χ1n) is 5.83. The molecule has 0 radical (unpaired) electrons. The Hall–Kier alpha value is -1.55. The summed E-state index contributed by atoms with van der Waals surface area (Å²) in [6, 6.07) is 5.57. The summed E-state index contributed by atoms with van der Waals surface area (Å²) in [5.74, 6) is -0.115. The zero-order chi connectivity index (χ0) is 12.5. The third-order valence-corrected chi connectivity index (χ3v) is 3.24. The second-order valence-corrected chi connectivity index (χ2v) is 4.68. The maximum absolute atomic E-state index is 12.1. The Kier molecular flexibility index (Phi) is 3.07. The van der Waals surface area contributed by atoms with Crippen molar-refractivity contribution < 1.29 is 9.53 Å². The fraction of sp³-hybridized carbons (Fsp3) is 0.462. The maximum Gasteiger partial charge on any atom is 0.256 e. The Balaban J connectivity index is 2.18. The molecule has 0 bridgehead atoms. The van der Waals surface area contributed by atoms with Crippen LogP contribution in [0.4, 0.5) is 11.4 Å². The number of rotatable bonds is 2. The lowest BCUT2D eigenvalue weighted by atomic mass is 10.0. The van der Waals surface area contributed by atoms with Crippen molar-refractivity contribution in [3.63, 3.8) is 0 Å². The van der Waals surface area contributed by atoms with Gasteiger partial charge in [-0.15, -0.1) is 0 Å². The topological polar surface area (TPSA) is 64.3 Å². The number of carbonyl (C=O) groups excluding carboxylic acids is 1. The molecule has 1 aromatic carbocycles. The van der Waals surface area contributed by atoms with E-state index in [1.807, 2.05) is 26.0 Å². The van der Waals surface area contributed by atoms with Gasteiger partial charge in [-0.2, -0.15) is 0 Å². The number of hydrogen-bond acceptors (Lipinski definition) is 3. The Bertz CT molecular complexity index is 417. The second-order valence-electron chi connectivity index (χ2n) is 4.68. The van der Waals surface area contributed by atoms with Crippen LogP contribution in [0.3, 0.4) is 0 Å². The van der Waals surface area contributed by atoms with Crippen LogP contribution < -0.4 is 11.1 Å². The Morgan fingerprint density at radius 2 is 2.29 bits per heavy atom. The van der Waals surface area contributed by atoms with Gasteiger partial charge in [-0.25, -0.2) is 0 Å². The normalized spacial score (nSPS) is 23.6. The van der Waals surface area contributed by atoms with Crippen LogP contribution in [0.15, 0.2) is 18.2 Å². The molecule has 1 aliphatic heterocycles. The van der Waals surface area contributed by atoms with Crippen LogP contribution in [0.5, 0.6) is 0 Å². The van der Waals surface area contributed by atoms with E-state index >= 15 is 0 Å². The van der Waals surface area contributed by atoms with Crippen LogP contribution >= 0.6 is 0 Å². The van der Waals surface area contributed by atoms with Gasteiger partial charge in [0.1, 0.15) is 5.60 Å². The molecule has 1 saturated heterocycles. The standard InChI is InChI=1S/C13H18N2O2/c1-9-5-3-6-10(14)11(9)15-12(16)13(2)7-4-8-17-13/h3,5-6H,4,7-8,14H2,1-2H3,(H,15,16). The van der Waals surface area contributed by atoms with Crippen LogP contribution in [0, 0.1) is 6.92 Å². The van der Waals surface area contributed by atoms with E-state index in [-0.39, 0.29) is 5.91 Å². The molecule has 1 aliphatic rings. The third kappa shape index (κ3) is 2.26. The predicted molar refractivity (Wildman–Crippen MR) is 67.8 cm³/mol. The highest BCUT2D eigenvalue weighted by atomic mass is 16.5. The molecule has 17 heavy (non-hydrogen) atoms. The highest BCUT2D eigenvalue weighted by molar-refractivity contribution is 6.00. The number of nitrogens with two attached hydrogens (primary N) is 1. The summed E-state index contributed by atoms with van der Waals surface area (Å²) >= 11 is 0. The minimum Gasteiger partial charge on any atom is -0.397 e. The van der Waals surface area contributed by atoms with Gasteiger partial charge in [0.15, 0.2) is 0 Å². The molecule has 4 nitrogen and oxygen atoms in total. The van der Waals surface area contributed by atoms with Crippen molar-refractivity contribution in [2.24, 2.45) is 0 Å². The van der Waals surface area contributed by atoms with Gasteiger partial charge >= 0.3 is 0 Å². The van der Waals surface area contributed by atoms with Crippen molar-refractivity contribution in [2.75, 3.05) is 17.7 Å². The van der Waals surface area contributed by atoms with Crippen molar-refractivity contribution in [1.82, 2.24) is 0 Å². The van der Waals surface area contributed by atoms with Gasteiger partial charge in [-0.05, 0) is 38.3 Å². The summed E-state index contributed by atoms with van der Waals surface area (Å²) in [4.78, 5) is 12.1. The number of aryl methyl sites for hydroxylation is 1. The first-order valence-corrected chi connectivity index (χ1v) is 5.83. The molecule has 3 N–H and O–H groups in total. The first-order chi connectivity index (χ1) is 8.03. The number of ether oxygens (including phenoxy) is 1. The van der Waals surface area contributed by atoms with E-state index in [1.54, 1.807) is 6.07 Å². The number of benzene rings is 1. The van der Waals surface area contributed by atoms with Gasteiger partial charge in [0.25, 0.3) is 5.91 Å². The fourth-order valence-corrected chi connectivity index (χ4v) is 2.07. The van der Waals surface area contributed by atoms with E-state index in [1.165, 1.54) is 0 Å². The third-order valence-electron chi connectivity index (χ3n) is 3.24. The molecule has 0 saturated carbocycles. The molecule has 1 heterocycles. The van der Waals surface area contributed by atoms with Crippen LogP contribution in [0.2, 0.25) is 0 Å². The van der Waals surface area contributed by atoms with E-state index in [0.29, 0.717) is 18.0 Å². The van der Waals surface area contributed by atoms with Gasteiger partial charge in [0.2, 0.25) is 0 Å². The summed E-state index contributed by atoms with van der Waals surface area (Å²) < 4.78 is 5.50. The SMILES string of the molecule is Cc1cccc(N)c1NC(=O)C1(C)CCCO1. The molecule has 1 amide bonds. The zero-order valence-corrected chi connectivity index (χ0v) is 10.2. The Morgan fingerprint density at radius 1 is 1.53 bits per heavy atom. The number of nitrogen functional groups attached to an aromatic ring is 1. The van der Waals surface area contributed by atoms with Gasteiger partial charge in [-0.1, -0.05) is 12.1 Å². The summed E-state index contributed by atoms with van der Waals surface area (Å²) in [6.07, 6.45) is 1.68. The van der Waals surface area contributed by atoms with Crippen molar-refractivity contribution in [3.05, 3.63) is 23.8 Å². The van der Waals surface area contributed by atoms with E-state index in [9.17, 15) is 4.79 Å². The molecule has 1 atom stereocenters. The largest absolute Gasteiger partial charge is 0.397 e. The lowest BCUT2D eigenvalue weighted by Crippen LogP contribution is -2.39. The molecule has 1 unspecified atom stereocenters. The monoisotopic (exact) mass is 234 g/mol. The van der Waals surface area contributed by atoms with E-state index in [2.05, 4.69) is 5.32 Å². The minimum absolute atomic E-state index is 0.115. The smallest absolute Gasteiger partial charge is 0.256 e. The van der Waals surface area contributed by atoms with Crippen LogP contribution in [0.25, 0.3) is 0 Å². The fourth-order valence-electron chi connectivity index (χ4n) is 2.07. The molecule has 92 valence electrons. The number of nitrogens with one attached hydrogen (secondary N) is 1. The Morgan fingerprint density at radius 3 is 2.88 bits per heavy atom. The van der Waals surface area contributed by atoms with Crippen LogP contribution in [-0.2, 0) is 9.53 Å². The van der Waals surface area contributed by atoms with Gasteiger partial charge in [0.05, 0.1) is 11.4 Å². The first kappa shape index (κ1) is 11.9. The number of para-hydroxylation sites is 1. The predicted octanol–water partition coefficient (Wildman–Crippen LogP) is 2.08. The minimum atomic E-state index is -0.714. The molecule has 0 aromatic heterocycles. The number of carbonyl (C=O) groups is 1. The zero-order valence-electron chi connectivity index (χ0n) is 10.2. The highest BCUT2D eigenvalue weighted by Crippen LogP contribution is 2.29. The van der Waals surface area contributed by atoms with E-state index in [0.717, 1.165) is 18.4 Å². The van der Waals surface area contributed by atoms with Gasteiger partial charge in [-0.3, -0.25) is 4.79 Å². The van der Waals surface area contributed by atoms with Crippen LogP contribution in [0.1, 0.15) is 25.3 Å². The molecular formula is C13H18N2O2. The van der Waals surface area contributed by atoms with E-state index < -0.39 is 5.60 Å². The van der Waals surface area contributed by atoms with E-state index in [4.69, 9.17) is 10.5 Å². The lowest BCUT2D eigenvalue weighted by molar-refractivity contribution is -0.133. The van der Waals surface area contributed by atoms with Crippen molar-refractivity contribution in [2.45, 2.75) is 32.3 Å². The molecule has 0 aliphatic carbocycles. The number of hydrogen-bond donors (Lipinski definition) is 2. The Labute approximate surface area is 101 Å².